The van der Waals surface area contributed by atoms with Crippen LogP contribution in [-0.2, 0) is 24.0 Å². The Bertz CT molecular complexity index is 672. The molecule has 2 aliphatic heterocycles. The summed E-state index contributed by atoms with van der Waals surface area (Å²) in [6.07, 6.45) is 1.11. The molecule has 156 valence electrons. The summed E-state index contributed by atoms with van der Waals surface area (Å²) in [6.45, 7) is 4.42. The van der Waals surface area contributed by atoms with Gasteiger partial charge in [-0.1, -0.05) is 0 Å². The zero-order valence-electron chi connectivity index (χ0n) is 16.4. The summed E-state index contributed by atoms with van der Waals surface area (Å²) in [4.78, 5) is 62.0. The van der Waals surface area contributed by atoms with Crippen LogP contribution in [0, 0.1) is 0 Å². The second-order valence-electron chi connectivity index (χ2n) is 6.95. The van der Waals surface area contributed by atoms with Crippen LogP contribution in [0.2, 0.25) is 0 Å². The highest BCUT2D eigenvalue weighted by Gasteiger charge is 2.47. The van der Waals surface area contributed by atoms with Crippen LogP contribution in [0.4, 0.5) is 0 Å². The van der Waals surface area contributed by atoms with Crippen LogP contribution in [0.5, 0.6) is 0 Å². The Labute approximate surface area is 167 Å². The van der Waals surface area contributed by atoms with Gasteiger partial charge in [0.25, 0.3) is 0 Å². The first-order valence-corrected chi connectivity index (χ1v) is 10.2. The van der Waals surface area contributed by atoms with Crippen LogP contribution >= 0.6 is 11.8 Å². The van der Waals surface area contributed by atoms with Gasteiger partial charge in [-0.05, 0) is 26.7 Å². The maximum Gasteiger partial charge on any atom is 0.246 e. The van der Waals surface area contributed by atoms with Crippen molar-refractivity contribution in [2.45, 2.75) is 63.2 Å². The summed E-state index contributed by atoms with van der Waals surface area (Å²) in [6, 6.07) is -2.91. The molecule has 0 saturated carbocycles. The molecule has 0 bridgehead atoms. The summed E-state index contributed by atoms with van der Waals surface area (Å²) in [5, 5.41) is 10.1. The third-order valence-corrected chi connectivity index (χ3v) is 6.13. The molecule has 0 aliphatic carbocycles. The number of likely N-dealkylation sites (N-methyl/N-ethyl adjacent to an activating group) is 1. The maximum atomic E-state index is 12.9. The molecule has 10 nitrogen and oxygen atoms in total. The van der Waals surface area contributed by atoms with E-state index < -0.39 is 36.0 Å². The van der Waals surface area contributed by atoms with Gasteiger partial charge in [-0.2, -0.15) is 0 Å². The number of hydrogen-bond donors (Lipinski definition) is 4. The molecule has 0 unspecified atom stereocenters. The number of amides is 5. The first-order chi connectivity index (χ1) is 13.1. The molecule has 0 aromatic rings. The fourth-order valence-corrected chi connectivity index (χ4v) is 4.72. The van der Waals surface area contributed by atoms with Gasteiger partial charge in [0.1, 0.15) is 24.2 Å². The average Bonchev–Trinajstić information content (AvgIpc) is 3.07. The largest absolute Gasteiger partial charge is 0.357 e. The van der Waals surface area contributed by atoms with E-state index in [0.717, 1.165) is 0 Å². The molecule has 2 saturated heterocycles. The highest BCUT2D eigenvalue weighted by Crippen LogP contribution is 2.36. The van der Waals surface area contributed by atoms with Crippen LogP contribution in [0.3, 0.4) is 0 Å². The van der Waals surface area contributed by atoms with Crippen molar-refractivity contribution in [1.29, 1.82) is 0 Å². The van der Waals surface area contributed by atoms with E-state index in [4.69, 9.17) is 0 Å². The Balaban J connectivity index is 2.02. The van der Waals surface area contributed by atoms with Crippen molar-refractivity contribution < 1.29 is 24.0 Å². The van der Waals surface area contributed by atoms with Gasteiger partial charge >= 0.3 is 0 Å². The molecule has 2 rings (SSSR count). The van der Waals surface area contributed by atoms with Crippen LogP contribution in [0.1, 0.15) is 33.6 Å². The third-order valence-electron chi connectivity index (χ3n) is 4.78. The van der Waals surface area contributed by atoms with Crippen molar-refractivity contribution in [3.63, 3.8) is 0 Å². The first kappa shape index (κ1) is 22.0. The number of hydrogen-bond acceptors (Lipinski definition) is 6. The fourth-order valence-electron chi connectivity index (χ4n) is 3.29. The van der Waals surface area contributed by atoms with Gasteiger partial charge in [-0.3, -0.25) is 24.0 Å². The minimum atomic E-state index is -0.761. The fraction of sp³-hybridized carbons (Fsp3) is 0.706. The molecule has 5 amide bonds. The lowest BCUT2D eigenvalue weighted by atomic mass is 10.0. The molecule has 2 heterocycles. The van der Waals surface area contributed by atoms with Crippen molar-refractivity contribution in [3.8, 4) is 0 Å². The van der Waals surface area contributed by atoms with E-state index in [9.17, 15) is 24.0 Å². The summed E-state index contributed by atoms with van der Waals surface area (Å²) in [5.74, 6) is -1.39. The standard InChI is InChI=1S/C17H27N5O5S/c1-8(14(24)18-4)20-16(26)12-7-28-13-6-5-11(17(27)22(12)13)21-15(25)9(2)19-10(3)23/h8-9,11-13H,5-7H2,1-4H3,(H,18,24)(H,19,23)(H,20,26)(H,21,25)/t8-,9-,11-,12-,13-/m0/s1. The lowest BCUT2D eigenvalue weighted by molar-refractivity contribution is -0.145. The van der Waals surface area contributed by atoms with Gasteiger partial charge in [0.05, 0.1) is 5.37 Å². The second-order valence-corrected chi connectivity index (χ2v) is 8.17. The molecule has 2 fully saturated rings. The van der Waals surface area contributed by atoms with Gasteiger partial charge in [0, 0.05) is 19.7 Å². The highest BCUT2D eigenvalue weighted by atomic mass is 32.2. The number of fused-ring (bicyclic) bond motifs is 1. The average molecular weight is 414 g/mol. The zero-order chi connectivity index (χ0) is 21.0. The summed E-state index contributed by atoms with van der Waals surface area (Å²) >= 11 is 1.52. The molecule has 0 spiro atoms. The van der Waals surface area contributed by atoms with E-state index >= 15 is 0 Å². The second kappa shape index (κ2) is 9.26. The van der Waals surface area contributed by atoms with E-state index in [0.29, 0.717) is 18.6 Å². The molecule has 28 heavy (non-hydrogen) atoms. The number of thioether (sulfide) groups is 1. The monoisotopic (exact) mass is 413 g/mol. The smallest absolute Gasteiger partial charge is 0.246 e. The molecular formula is C17H27N5O5S. The normalized spacial score (nSPS) is 25.9. The molecular weight excluding hydrogens is 386 g/mol. The number of carbonyl (C=O) groups is 5. The molecule has 0 radical (unpaired) electrons. The topological polar surface area (TPSA) is 137 Å². The van der Waals surface area contributed by atoms with E-state index in [1.807, 2.05) is 0 Å². The Morgan fingerprint density at radius 2 is 1.71 bits per heavy atom. The number of nitrogens with one attached hydrogen (secondary N) is 4. The molecule has 2 aliphatic rings. The van der Waals surface area contributed by atoms with E-state index in [1.54, 1.807) is 6.92 Å². The van der Waals surface area contributed by atoms with Crippen LogP contribution in [0.15, 0.2) is 0 Å². The van der Waals surface area contributed by atoms with E-state index in [-0.39, 0.29) is 23.1 Å². The van der Waals surface area contributed by atoms with Gasteiger partial charge in [0.2, 0.25) is 29.5 Å². The number of carbonyl (C=O) groups excluding carboxylic acids is 5. The minimum Gasteiger partial charge on any atom is -0.357 e. The number of piperidine rings is 1. The van der Waals surface area contributed by atoms with Gasteiger partial charge in [-0.15, -0.1) is 11.8 Å². The highest BCUT2D eigenvalue weighted by molar-refractivity contribution is 8.00. The van der Waals surface area contributed by atoms with Crippen LogP contribution in [-0.4, -0.2) is 76.8 Å². The van der Waals surface area contributed by atoms with Crippen molar-refractivity contribution in [1.82, 2.24) is 26.2 Å². The SMILES string of the molecule is CNC(=O)[C@H](C)NC(=O)[C@@H]1CS[C@H]2CC[C@H](NC(=O)[C@H](C)NC(C)=O)C(=O)N21. The molecule has 4 N–H and O–H groups in total. The number of nitrogens with zero attached hydrogens (tertiary/aromatic N) is 1. The molecule has 5 atom stereocenters. The summed E-state index contributed by atoms with van der Waals surface area (Å²) < 4.78 is 0. The van der Waals surface area contributed by atoms with Crippen molar-refractivity contribution in [2.24, 2.45) is 0 Å². The van der Waals surface area contributed by atoms with E-state index in [2.05, 4.69) is 21.3 Å². The predicted molar refractivity (Wildman–Crippen MR) is 103 cm³/mol. The lowest BCUT2D eigenvalue weighted by Crippen LogP contribution is -2.61. The Hall–Kier alpha value is -2.30. The van der Waals surface area contributed by atoms with Gasteiger partial charge in [-0.25, -0.2) is 0 Å². The quantitative estimate of drug-likeness (QED) is 0.410. The number of rotatable bonds is 6. The third kappa shape index (κ3) is 4.94. The summed E-state index contributed by atoms with van der Waals surface area (Å²) in [5.41, 5.74) is 0. The maximum absolute atomic E-state index is 12.9. The Morgan fingerprint density at radius 1 is 1.07 bits per heavy atom. The predicted octanol–water partition coefficient (Wildman–Crippen LogP) is -1.69. The summed E-state index contributed by atoms with van der Waals surface area (Å²) in [7, 11) is 1.48. The zero-order valence-corrected chi connectivity index (χ0v) is 17.2. The van der Waals surface area contributed by atoms with Gasteiger partial charge in [0.15, 0.2) is 0 Å². The van der Waals surface area contributed by atoms with E-state index in [1.165, 1.54) is 37.6 Å². The molecule has 0 aromatic heterocycles. The molecule has 11 heteroatoms. The van der Waals surface area contributed by atoms with Crippen LogP contribution < -0.4 is 21.3 Å². The van der Waals surface area contributed by atoms with Crippen LogP contribution in [0.25, 0.3) is 0 Å². The van der Waals surface area contributed by atoms with Gasteiger partial charge < -0.3 is 26.2 Å². The lowest BCUT2D eigenvalue weighted by Gasteiger charge is -2.37. The molecule has 0 aromatic carbocycles. The van der Waals surface area contributed by atoms with Crippen molar-refractivity contribution in [3.05, 3.63) is 0 Å². The van der Waals surface area contributed by atoms with Crippen molar-refractivity contribution in [2.75, 3.05) is 12.8 Å². The Morgan fingerprint density at radius 3 is 2.32 bits per heavy atom. The first-order valence-electron chi connectivity index (χ1n) is 9.19. The minimum absolute atomic E-state index is 0.125. The van der Waals surface area contributed by atoms with Crippen molar-refractivity contribution >= 4 is 41.3 Å². The Kier molecular flexibility index (Phi) is 7.28.